The van der Waals surface area contributed by atoms with Gasteiger partial charge in [-0.15, -0.1) is 0 Å². The van der Waals surface area contributed by atoms with Crippen LogP contribution in [0.5, 0.6) is 0 Å². The molecule has 1 N–H and O–H groups in total. The van der Waals surface area contributed by atoms with Gasteiger partial charge >= 0.3 is 5.69 Å². The lowest BCUT2D eigenvalue weighted by atomic mass is 10.1. The van der Waals surface area contributed by atoms with Crippen molar-refractivity contribution in [3.8, 4) is 0 Å². The fraction of sp³-hybridized carbons (Fsp3) is 0.375. The Bertz CT molecular complexity index is 1210. The Morgan fingerprint density at radius 1 is 1.06 bits per heavy atom. The van der Waals surface area contributed by atoms with Gasteiger partial charge in [0.05, 0.1) is 18.8 Å². The van der Waals surface area contributed by atoms with Gasteiger partial charge in [-0.2, -0.15) is 4.98 Å². The van der Waals surface area contributed by atoms with E-state index in [2.05, 4.69) is 20.3 Å². The first kappa shape index (κ1) is 22.6. The average Bonchev–Trinajstić information content (AvgIpc) is 2.78. The van der Waals surface area contributed by atoms with Crippen LogP contribution in [0.3, 0.4) is 0 Å². The first-order chi connectivity index (χ1) is 15.9. The van der Waals surface area contributed by atoms with Gasteiger partial charge in [-0.05, 0) is 51.1 Å². The van der Waals surface area contributed by atoms with Crippen molar-refractivity contribution in [2.24, 2.45) is 0 Å². The number of carbonyl (C=O) groups excluding carboxylic acids is 1. The molecular formula is C24H28N6O3. The van der Waals surface area contributed by atoms with Crippen LogP contribution in [-0.4, -0.2) is 50.0 Å². The SMILES string of the molecule is Cc1cccc(Nc2cccc(C3CN(C(=O)CCn4c(C)cc(C)nc4=O)CCO3)n2)n1. The number of carbonyl (C=O) groups is 1. The molecule has 172 valence electrons. The minimum atomic E-state index is -0.322. The zero-order valence-electron chi connectivity index (χ0n) is 19.1. The van der Waals surface area contributed by atoms with Crippen molar-refractivity contribution in [1.29, 1.82) is 0 Å². The molecule has 0 aliphatic carbocycles. The predicted octanol–water partition coefficient (Wildman–Crippen LogP) is 2.69. The normalized spacial score (nSPS) is 16.0. The van der Waals surface area contributed by atoms with Gasteiger partial charge in [0.1, 0.15) is 17.7 Å². The molecule has 0 radical (unpaired) electrons. The molecule has 1 aliphatic heterocycles. The van der Waals surface area contributed by atoms with Crippen LogP contribution in [0, 0.1) is 20.8 Å². The number of anilines is 2. The first-order valence-corrected chi connectivity index (χ1v) is 11.0. The number of amides is 1. The highest BCUT2D eigenvalue weighted by Gasteiger charge is 2.26. The second-order valence-electron chi connectivity index (χ2n) is 8.16. The summed E-state index contributed by atoms with van der Waals surface area (Å²) in [6.45, 7) is 7.24. The van der Waals surface area contributed by atoms with Crippen LogP contribution in [0.1, 0.15) is 35.3 Å². The van der Waals surface area contributed by atoms with E-state index in [1.54, 1.807) is 16.4 Å². The summed E-state index contributed by atoms with van der Waals surface area (Å²) in [7, 11) is 0. The van der Waals surface area contributed by atoms with Gasteiger partial charge in [-0.3, -0.25) is 9.36 Å². The molecule has 9 heteroatoms. The summed E-state index contributed by atoms with van der Waals surface area (Å²) in [5.41, 5.74) is 2.83. The number of ether oxygens (including phenoxy) is 1. The van der Waals surface area contributed by atoms with Crippen LogP contribution in [0.25, 0.3) is 0 Å². The van der Waals surface area contributed by atoms with Gasteiger partial charge in [-0.1, -0.05) is 12.1 Å². The van der Waals surface area contributed by atoms with Crippen LogP contribution >= 0.6 is 0 Å². The van der Waals surface area contributed by atoms with Crippen molar-refractivity contribution < 1.29 is 9.53 Å². The van der Waals surface area contributed by atoms with Gasteiger partial charge in [0, 0.05) is 36.6 Å². The number of nitrogens with zero attached hydrogens (tertiary/aromatic N) is 5. The van der Waals surface area contributed by atoms with Gasteiger partial charge in [-0.25, -0.2) is 14.8 Å². The number of morpholine rings is 1. The molecule has 9 nitrogen and oxygen atoms in total. The van der Waals surface area contributed by atoms with Gasteiger partial charge in [0.2, 0.25) is 5.91 Å². The molecule has 0 bridgehead atoms. The third kappa shape index (κ3) is 5.61. The first-order valence-electron chi connectivity index (χ1n) is 11.0. The number of nitrogens with one attached hydrogen (secondary N) is 1. The second-order valence-corrected chi connectivity index (χ2v) is 8.16. The number of aromatic nitrogens is 4. The molecule has 1 amide bonds. The molecule has 3 aromatic rings. The van der Waals surface area contributed by atoms with Gasteiger partial charge in [0.15, 0.2) is 0 Å². The lowest BCUT2D eigenvalue weighted by Crippen LogP contribution is -2.43. The maximum atomic E-state index is 12.9. The van der Waals surface area contributed by atoms with Crippen molar-refractivity contribution in [2.75, 3.05) is 25.0 Å². The van der Waals surface area contributed by atoms with Crippen LogP contribution in [0.15, 0.2) is 47.3 Å². The minimum absolute atomic E-state index is 0.0200. The van der Waals surface area contributed by atoms with E-state index < -0.39 is 0 Å². The molecule has 0 aromatic carbocycles. The molecule has 1 atom stereocenters. The third-order valence-electron chi connectivity index (χ3n) is 5.56. The van der Waals surface area contributed by atoms with Crippen LogP contribution in [0.4, 0.5) is 11.6 Å². The largest absolute Gasteiger partial charge is 0.368 e. The van der Waals surface area contributed by atoms with Crippen molar-refractivity contribution in [3.05, 3.63) is 75.7 Å². The van der Waals surface area contributed by atoms with Crippen LogP contribution < -0.4 is 11.0 Å². The van der Waals surface area contributed by atoms with E-state index in [4.69, 9.17) is 4.74 Å². The van der Waals surface area contributed by atoms with Crippen molar-refractivity contribution >= 4 is 17.5 Å². The zero-order chi connectivity index (χ0) is 23.4. The fourth-order valence-electron chi connectivity index (χ4n) is 3.91. The second kappa shape index (κ2) is 9.91. The highest BCUT2D eigenvalue weighted by atomic mass is 16.5. The zero-order valence-corrected chi connectivity index (χ0v) is 19.1. The van der Waals surface area contributed by atoms with E-state index in [0.717, 1.165) is 22.9 Å². The summed E-state index contributed by atoms with van der Waals surface area (Å²) in [6, 6.07) is 13.3. The molecule has 4 heterocycles. The molecule has 1 unspecified atom stereocenters. The highest BCUT2D eigenvalue weighted by Crippen LogP contribution is 2.23. The number of hydrogen-bond donors (Lipinski definition) is 1. The lowest BCUT2D eigenvalue weighted by molar-refractivity contribution is -0.139. The molecule has 1 saturated heterocycles. The van der Waals surface area contributed by atoms with Crippen LogP contribution in [-0.2, 0) is 16.1 Å². The third-order valence-corrected chi connectivity index (χ3v) is 5.56. The van der Waals surface area contributed by atoms with Gasteiger partial charge < -0.3 is 15.0 Å². The Morgan fingerprint density at radius 3 is 2.58 bits per heavy atom. The Hall–Kier alpha value is -3.59. The molecule has 0 saturated carbocycles. The number of hydrogen-bond acceptors (Lipinski definition) is 7. The van der Waals surface area contributed by atoms with Crippen molar-refractivity contribution in [2.45, 2.75) is 39.8 Å². The lowest BCUT2D eigenvalue weighted by Gasteiger charge is -2.33. The fourth-order valence-corrected chi connectivity index (χ4v) is 3.91. The summed E-state index contributed by atoms with van der Waals surface area (Å²) in [4.78, 5) is 39.9. The molecule has 0 spiro atoms. The molecule has 1 fully saturated rings. The Balaban J connectivity index is 1.40. The smallest absolute Gasteiger partial charge is 0.347 e. The van der Waals surface area contributed by atoms with E-state index in [0.29, 0.717) is 37.8 Å². The van der Waals surface area contributed by atoms with E-state index in [9.17, 15) is 9.59 Å². The van der Waals surface area contributed by atoms with E-state index in [1.807, 2.05) is 56.3 Å². The summed E-state index contributed by atoms with van der Waals surface area (Å²) in [5.74, 6) is 1.37. The number of pyridine rings is 2. The number of aryl methyl sites for hydroxylation is 3. The summed E-state index contributed by atoms with van der Waals surface area (Å²) >= 11 is 0. The predicted molar refractivity (Wildman–Crippen MR) is 124 cm³/mol. The van der Waals surface area contributed by atoms with Crippen molar-refractivity contribution in [3.63, 3.8) is 0 Å². The monoisotopic (exact) mass is 448 g/mol. The Labute approximate surface area is 192 Å². The van der Waals surface area contributed by atoms with Crippen molar-refractivity contribution in [1.82, 2.24) is 24.4 Å². The minimum Gasteiger partial charge on any atom is -0.368 e. The van der Waals surface area contributed by atoms with E-state index in [-0.39, 0.29) is 24.1 Å². The highest BCUT2D eigenvalue weighted by molar-refractivity contribution is 5.76. The van der Waals surface area contributed by atoms with E-state index >= 15 is 0 Å². The summed E-state index contributed by atoms with van der Waals surface area (Å²) in [6.07, 6.45) is -0.0906. The van der Waals surface area contributed by atoms with E-state index in [1.165, 1.54) is 0 Å². The summed E-state index contributed by atoms with van der Waals surface area (Å²) in [5, 5.41) is 3.21. The molecule has 33 heavy (non-hydrogen) atoms. The maximum absolute atomic E-state index is 12.9. The van der Waals surface area contributed by atoms with Gasteiger partial charge in [0.25, 0.3) is 0 Å². The summed E-state index contributed by atoms with van der Waals surface area (Å²) < 4.78 is 7.46. The average molecular weight is 449 g/mol. The quantitative estimate of drug-likeness (QED) is 0.618. The standard InChI is InChI=1S/C24H28N6O3/c1-16-6-4-8-21(25-16)28-22-9-5-7-19(27-22)20-15-29(12-13-33-20)23(31)10-11-30-18(3)14-17(2)26-24(30)32/h4-9,14,20H,10-13,15H2,1-3H3,(H,25,27,28). The van der Waals surface area contributed by atoms with Crippen LogP contribution in [0.2, 0.25) is 0 Å². The maximum Gasteiger partial charge on any atom is 0.347 e. The molecule has 3 aromatic heterocycles. The Kier molecular flexibility index (Phi) is 6.79. The Morgan fingerprint density at radius 2 is 1.82 bits per heavy atom. The molecule has 1 aliphatic rings. The topological polar surface area (TPSA) is 102 Å². The number of rotatable bonds is 6. The molecule has 4 rings (SSSR count). The molecular weight excluding hydrogens is 420 g/mol.